The largest absolute Gasteiger partial charge is 0.352 e. The van der Waals surface area contributed by atoms with E-state index in [1.165, 1.54) is 0 Å². The Balaban J connectivity index is 1.45. The number of hydrogen-bond donors (Lipinski definition) is 1. The molecule has 2 heterocycles. The SMILES string of the molecule is Cc1c(CCNC(=O)c2cccc(Br)c2)sc2nc(-c3ccc(Cl)cc3)nn12. The summed E-state index contributed by atoms with van der Waals surface area (Å²) in [7, 11) is 0. The summed E-state index contributed by atoms with van der Waals surface area (Å²) >= 11 is 10.9. The highest BCUT2D eigenvalue weighted by Gasteiger charge is 2.14. The molecule has 28 heavy (non-hydrogen) atoms. The summed E-state index contributed by atoms with van der Waals surface area (Å²) in [4.78, 5) is 18.9. The van der Waals surface area contributed by atoms with Crippen molar-refractivity contribution < 1.29 is 4.79 Å². The van der Waals surface area contributed by atoms with Gasteiger partial charge in [0, 0.05) is 38.5 Å². The third-order valence-corrected chi connectivity index (χ3v) is 6.28. The number of halogens is 2. The molecule has 0 saturated carbocycles. The first-order chi connectivity index (χ1) is 13.5. The van der Waals surface area contributed by atoms with Crippen molar-refractivity contribution in [3.63, 3.8) is 0 Å². The number of nitrogens with zero attached hydrogens (tertiary/aromatic N) is 3. The fourth-order valence-electron chi connectivity index (χ4n) is 2.86. The lowest BCUT2D eigenvalue weighted by Gasteiger charge is -2.05. The minimum Gasteiger partial charge on any atom is -0.352 e. The average Bonchev–Trinajstić information content (AvgIpc) is 3.22. The van der Waals surface area contributed by atoms with Crippen LogP contribution in [-0.2, 0) is 6.42 Å². The summed E-state index contributed by atoms with van der Waals surface area (Å²) in [6.07, 6.45) is 0.734. The molecular formula is C20H16BrClN4OS. The third kappa shape index (κ3) is 3.97. The van der Waals surface area contributed by atoms with Gasteiger partial charge in [-0.15, -0.1) is 5.10 Å². The maximum Gasteiger partial charge on any atom is 0.251 e. The minimum absolute atomic E-state index is 0.0802. The van der Waals surface area contributed by atoms with E-state index < -0.39 is 0 Å². The molecule has 0 radical (unpaired) electrons. The lowest BCUT2D eigenvalue weighted by molar-refractivity contribution is 0.0954. The lowest BCUT2D eigenvalue weighted by Crippen LogP contribution is -2.25. The number of carbonyl (C=O) groups excluding carboxylic acids is 1. The van der Waals surface area contributed by atoms with Gasteiger partial charge in [-0.1, -0.05) is 44.9 Å². The molecule has 0 aliphatic rings. The van der Waals surface area contributed by atoms with Crippen LogP contribution < -0.4 is 5.32 Å². The van der Waals surface area contributed by atoms with Gasteiger partial charge in [0.2, 0.25) is 4.96 Å². The van der Waals surface area contributed by atoms with Crippen molar-refractivity contribution >= 4 is 49.7 Å². The highest BCUT2D eigenvalue weighted by Crippen LogP contribution is 2.25. The zero-order valence-electron chi connectivity index (χ0n) is 14.9. The quantitative estimate of drug-likeness (QED) is 0.434. The number of benzene rings is 2. The van der Waals surface area contributed by atoms with E-state index in [-0.39, 0.29) is 5.91 Å². The zero-order chi connectivity index (χ0) is 19.7. The van der Waals surface area contributed by atoms with E-state index in [0.29, 0.717) is 23.0 Å². The molecule has 1 N–H and O–H groups in total. The Labute approximate surface area is 179 Å². The van der Waals surface area contributed by atoms with E-state index in [2.05, 4.69) is 31.3 Å². The molecule has 0 bridgehead atoms. The van der Waals surface area contributed by atoms with E-state index in [4.69, 9.17) is 11.6 Å². The van der Waals surface area contributed by atoms with Crippen molar-refractivity contribution in [3.05, 3.63) is 74.2 Å². The Hall–Kier alpha value is -2.22. The summed E-state index contributed by atoms with van der Waals surface area (Å²) in [6.45, 7) is 2.58. The molecular weight excluding hydrogens is 460 g/mol. The number of nitrogens with one attached hydrogen (secondary N) is 1. The van der Waals surface area contributed by atoms with E-state index >= 15 is 0 Å². The fraction of sp³-hybridized carbons (Fsp3) is 0.150. The molecule has 2 aromatic carbocycles. The maximum absolute atomic E-state index is 12.3. The molecule has 0 spiro atoms. The molecule has 1 amide bonds. The molecule has 2 aromatic heterocycles. The Morgan fingerprint density at radius 1 is 1.25 bits per heavy atom. The number of amides is 1. The zero-order valence-corrected chi connectivity index (χ0v) is 18.1. The van der Waals surface area contributed by atoms with Crippen molar-refractivity contribution in [2.45, 2.75) is 13.3 Å². The van der Waals surface area contributed by atoms with Gasteiger partial charge >= 0.3 is 0 Å². The van der Waals surface area contributed by atoms with Crippen molar-refractivity contribution in [1.82, 2.24) is 19.9 Å². The van der Waals surface area contributed by atoms with Gasteiger partial charge in [-0.3, -0.25) is 4.79 Å². The molecule has 0 fully saturated rings. The highest BCUT2D eigenvalue weighted by atomic mass is 79.9. The van der Waals surface area contributed by atoms with Crippen LogP contribution in [0.1, 0.15) is 20.9 Å². The molecule has 0 aliphatic heterocycles. The van der Waals surface area contributed by atoms with Gasteiger partial charge in [0.25, 0.3) is 5.91 Å². The molecule has 142 valence electrons. The second-order valence-electron chi connectivity index (χ2n) is 6.26. The number of aromatic nitrogens is 3. The van der Waals surface area contributed by atoms with Crippen LogP contribution in [0.5, 0.6) is 0 Å². The molecule has 0 unspecified atom stereocenters. The summed E-state index contributed by atoms with van der Waals surface area (Å²) in [6, 6.07) is 14.8. The third-order valence-electron chi connectivity index (χ3n) is 4.34. The topological polar surface area (TPSA) is 59.3 Å². The molecule has 0 saturated heterocycles. The lowest BCUT2D eigenvalue weighted by atomic mass is 10.2. The van der Waals surface area contributed by atoms with Gasteiger partial charge in [0.05, 0.1) is 5.69 Å². The van der Waals surface area contributed by atoms with Crippen LogP contribution >= 0.6 is 38.9 Å². The first-order valence-corrected chi connectivity index (χ1v) is 10.6. The van der Waals surface area contributed by atoms with Gasteiger partial charge in [-0.2, -0.15) is 4.98 Å². The van der Waals surface area contributed by atoms with Crippen molar-refractivity contribution in [2.75, 3.05) is 6.54 Å². The normalized spacial score (nSPS) is 11.1. The minimum atomic E-state index is -0.0802. The van der Waals surface area contributed by atoms with Crippen LogP contribution in [0.3, 0.4) is 0 Å². The van der Waals surface area contributed by atoms with Crippen LogP contribution in [0.25, 0.3) is 16.3 Å². The van der Waals surface area contributed by atoms with E-state index in [9.17, 15) is 4.79 Å². The van der Waals surface area contributed by atoms with E-state index in [1.54, 1.807) is 17.4 Å². The van der Waals surface area contributed by atoms with Crippen LogP contribution in [-0.4, -0.2) is 27.0 Å². The summed E-state index contributed by atoms with van der Waals surface area (Å²) in [5.41, 5.74) is 2.62. The second kappa shape index (κ2) is 8.03. The first kappa shape index (κ1) is 19.1. The van der Waals surface area contributed by atoms with Crippen LogP contribution in [0.2, 0.25) is 5.02 Å². The van der Waals surface area contributed by atoms with Gasteiger partial charge in [-0.05, 0) is 49.4 Å². The molecule has 8 heteroatoms. The van der Waals surface area contributed by atoms with Gasteiger partial charge in [-0.25, -0.2) is 4.52 Å². The molecule has 4 aromatic rings. The number of fused-ring (bicyclic) bond motifs is 1. The summed E-state index contributed by atoms with van der Waals surface area (Å²) in [5, 5.41) is 8.27. The Morgan fingerprint density at radius 3 is 2.75 bits per heavy atom. The van der Waals surface area contributed by atoms with Crippen LogP contribution in [0.4, 0.5) is 0 Å². The Morgan fingerprint density at radius 2 is 2.04 bits per heavy atom. The molecule has 5 nitrogen and oxygen atoms in total. The predicted octanol–water partition coefficient (Wildman–Crippen LogP) is 5.15. The van der Waals surface area contributed by atoms with Gasteiger partial charge in [0.15, 0.2) is 5.82 Å². The van der Waals surface area contributed by atoms with Crippen molar-refractivity contribution in [2.24, 2.45) is 0 Å². The average molecular weight is 476 g/mol. The maximum atomic E-state index is 12.3. The Bertz CT molecular complexity index is 1150. The number of thiazole rings is 1. The smallest absolute Gasteiger partial charge is 0.251 e. The monoisotopic (exact) mass is 474 g/mol. The molecule has 4 rings (SSSR count). The van der Waals surface area contributed by atoms with E-state index in [1.807, 2.05) is 53.9 Å². The summed E-state index contributed by atoms with van der Waals surface area (Å²) in [5.74, 6) is 0.601. The summed E-state index contributed by atoms with van der Waals surface area (Å²) < 4.78 is 2.75. The second-order valence-corrected chi connectivity index (χ2v) is 8.68. The number of aryl methyl sites for hydroxylation is 1. The van der Waals surface area contributed by atoms with Crippen molar-refractivity contribution in [1.29, 1.82) is 0 Å². The van der Waals surface area contributed by atoms with Crippen LogP contribution in [0.15, 0.2) is 53.0 Å². The molecule has 0 atom stereocenters. The number of carbonyl (C=O) groups is 1. The first-order valence-electron chi connectivity index (χ1n) is 8.66. The predicted molar refractivity (Wildman–Crippen MR) is 116 cm³/mol. The highest BCUT2D eigenvalue weighted by molar-refractivity contribution is 9.10. The molecule has 0 aliphatic carbocycles. The van der Waals surface area contributed by atoms with Gasteiger partial charge < -0.3 is 5.32 Å². The van der Waals surface area contributed by atoms with Gasteiger partial charge in [0.1, 0.15) is 0 Å². The Kier molecular flexibility index (Phi) is 5.48. The standard InChI is InChI=1S/C20H16BrClN4OS/c1-12-17(9-10-23-19(27)14-3-2-4-15(21)11-14)28-20-24-18(25-26(12)20)13-5-7-16(22)8-6-13/h2-8,11H,9-10H2,1H3,(H,23,27). The number of rotatable bonds is 5. The van der Waals surface area contributed by atoms with Crippen LogP contribution in [0, 0.1) is 6.92 Å². The van der Waals surface area contributed by atoms with E-state index in [0.717, 1.165) is 32.0 Å². The number of hydrogen-bond acceptors (Lipinski definition) is 4. The van der Waals surface area contributed by atoms with Crippen molar-refractivity contribution in [3.8, 4) is 11.4 Å². The fourth-order valence-corrected chi connectivity index (χ4v) is 4.44.